The summed E-state index contributed by atoms with van der Waals surface area (Å²) in [7, 11) is 0. The number of amides is 2. The lowest BCUT2D eigenvalue weighted by Gasteiger charge is -2.14. The molecule has 0 saturated heterocycles. The van der Waals surface area contributed by atoms with E-state index in [-0.39, 0.29) is 17.9 Å². The zero-order valence-corrected chi connectivity index (χ0v) is 11.8. The van der Waals surface area contributed by atoms with Crippen molar-refractivity contribution in [2.45, 2.75) is 33.7 Å². The molecule has 4 nitrogen and oxygen atoms in total. The quantitative estimate of drug-likeness (QED) is 0.818. The summed E-state index contributed by atoms with van der Waals surface area (Å²) in [6.45, 7) is 7.12. The first-order valence-corrected chi connectivity index (χ1v) is 6.21. The number of anilines is 1. The molecule has 0 aliphatic heterocycles. The van der Waals surface area contributed by atoms with Gasteiger partial charge in [0, 0.05) is 18.7 Å². The molecule has 1 aromatic carbocycles. The molecule has 102 valence electrons. The minimum Gasteiger partial charge on any atom is -0.346 e. The predicted molar refractivity (Wildman–Crippen MR) is 76.7 cm³/mol. The molecule has 1 atom stereocenters. The second-order valence-electron chi connectivity index (χ2n) is 4.76. The van der Waals surface area contributed by atoms with Crippen LogP contribution in [0.2, 0.25) is 0 Å². The SMILES string of the molecule is CC(=O)Nc1cccc([C@@H](C)NC(=O)C=C(C)C)c1. The van der Waals surface area contributed by atoms with Gasteiger partial charge in [-0.05, 0) is 38.5 Å². The summed E-state index contributed by atoms with van der Waals surface area (Å²) in [5.41, 5.74) is 2.63. The van der Waals surface area contributed by atoms with Crippen molar-refractivity contribution < 1.29 is 9.59 Å². The third-order valence-corrected chi connectivity index (χ3v) is 2.49. The van der Waals surface area contributed by atoms with E-state index in [9.17, 15) is 9.59 Å². The normalized spacial score (nSPS) is 11.4. The zero-order valence-electron chi connectivity index (χ0n) is 11.8. The summed E-state index contributed by atoms with van der Waals surface area (Å²) in [6.07, 6.45) is 1.56. The average Bonchev–Trinajstić information content (AvgIpc) is 2.27. The van der Waals surface area contributed by atoms with Crippen LogP contribution in [0.5, 0.6) is 0 Å². The minimum absolute atomic E-state index is 0.113. The van der Waals surface area contributed by atoms with Gasteiger partial charge in [0.15, 0.2) is 0 Å². The molecule has 1 aromatic rings. The minimum atomic E-state index is -0.114. The van der Waals surface area contributed by atoms with Gasteiger partial charge >= 0.3 is 0 Å². The number of nitrogens with one attached hydrogen (secondary N) is 2. The second kappa shape index (κ2) is 6.73. The molecule has 0 saturated carbocycles. The van der Waals surface area contributed by atoms with Crippen LogP contribution < -0.4 is 10.6 Å². The van der Waals surface area contributed by atoms with Crippen LogP contribution in [0.15, 0.2) is 35.9 Å². The van der Waals surface area contributed by atoms with Crippen LogP contribution >= 0.6 is 0 Å². The van der Waals surface area contributed by atoms with Crippen molar-refractivity contribution in [3.63, 3.8) is 0 Å². The Morgan fingerprint density at radius 2 is 1.89 bits per heavy atom. The van der Waals surface area contributed by atoms with Gasteiger partial charge in [-0.3, -0.25) is 9.59 Å². The molecule has 2 amide bonds. The molecular weight excluding hydrogens is 240 g/mol. The van der Waals surface area contributed by atoms with Crippen LogP contribution in [0.3, 0.4) is 0 Å². The first kappa shape index (κ1) is 15.0. The molecule has 2 N–H and O–H groups in total. The molecule has 0 spiro atoms. The van der Waals surface area contributed by atoms with E-state index in [1.54, 1.807) is 6.08 Å². The third-order valence-electron chi connectivity index (χ3n) is 2.49. The van der Waals surface area contributed by atoms with Crippen LogP contribution in [0, 0.1) is 0 Å². The highest BCUT2D eigenvalue weighted by atomic mass is 16.2. The van der Waals surface area contributed by atoms with Crippen LogP contribution in [0.4, 0.5) is 5.69 Å². The van der Waals surface area contributed by atoms with Crippen LogP contribution in [0.1, 0.15) is 39.3 Å². The lowest BCUT2D eigenvalue weighted by atomic mass is 10.1. The number of benzene rings is 1. The summed E-state index contributed by atoms with van der Waals surface area (Å²) in [5, 5.41) is 5.60. The van der Waals surface area contributed by atoms with Crippen molar-refractivity contribution in [3.8, 4) is 0 Å². The van der Waals surface area contributed by atoms with Gasteiger partial charge in [-0.2, -0.15) is 0 Å². The first-order valence-electron chi connectivity index (χ1n) is 6.21. The fourth-order valence-corrected chi connectivity index (χ4v) is 1.69. The maximum absolute atomic E-state index is 11.6. The van der Waals surface area contributed by atoms with Crippen LogP contribution in [-0.4, -0.2) is 11.8 Å². The summed E-state index contributed by atoms with van der Waals surface area (Å²) in [6, 6.07) is 7.32. The highest BCUT2D eigenvalue weighted by molar-refractivity contribution is 5.89. The summed E-state index contributed by atoms with van der Waals surface area (Å²) >= 11 is 0. The van der Waals surface area contributed by atoms with Gasteiger partial charge in [0.2, 0.25) is 11.8 Å². The fraction of sp³-hybridized carbons (Fsp3) is 0.333. The Morgan fingerprint density at radius 3 is 2.47 bits per heavy atom. The van der Waals surface area contributed by atoms with E-state index in [0.29, 0.717) is 0 Å². The van der Waals surface area contributed by atoms with Crippen molar-refractivity contribution in [1.82, 2.24) is 5.32 Å². The molecule has 0 aliphatic carbocycles. The van der Waals surface area contributed by atoms with E-state index in [1.165, 1.54) is 6.92 Å². The number of rotatable bonds is 4. The average molecular weight is 260 g/mol. The largest absolute Gasteiger partial charge is 0.346 e. The molecule has 19 heavy (non-hydrogen) atoms. The van der Waals surface area contributed by atoms with Gasteiger partial charge in [0.1, 0.15) is 0 Å². The van der Waals surface area contributed by atoms with E-state index < -0.39 is 0 Å². The second-order valence-corrected chi connectivity index (χ2v) is 4.76. The maximum Gasteiger partial charge on any atom is 0.244 e. The highest BCUT2D eigenvalue weighted by Gasteiger charge is 2.08. The molecule has 0 aliphatic rings. The Morgan fingerprint density at radius 1 is 1.21 bits per heavy atom. The van der Waals surface area contributed by atoms with Crippen molar-refractivity contribution in [1.29, 1.82) is 0 Å². The van der Waals surface area contributed by atoms with Crippen LogP contribution in [-0.2, 0) is 9.59 Å². The van der Waals surface area contributed by atoms with Crippen LogP contribution in [0.25, 0.3) is 0 Å². The Labute approximate surface area is 113 Å². The number of carbonyl (C=O) groups excluding carboxylic acids is 2. The van der Waals surface area contributed by atoms with E-state index in [0.717, 1.165) is 16.8 Å². The summed E-state index contributed by atoms with van der Waals surface area (Å²) in [5.74, 6) is -0.226. The highest BCUT2D eigenvalue weighted by Crippen LogP contribution is 2.17. The number of hydrogen-bond donors (Lipinski definition) is 2. The van der Waals surface area contributed by atoms with Gasteiger partial charge in [-0.15, -0.1) is 0 Å². The Hall–Kier alpha value is -2.10. The third kappa shape index (κ3) is 5.38. The Bertz CT molecular complexity index is 503. The fourth-order valence-electron chi connectivity index (χ4n) is 1.69. The van der Waals surface area contributed by atoms with E-state index >= 15 is 0 Å². The Kier molecular flexibility index (Phi) is 5.30. The lowest BCUT2D eigenvalue weighted by molar-refractivity contribution is -0.117. The van der Waals surface area contributed by atoms with Gasteiger partial charge in [0.05, 0.1) is 6.04 Å². The smallest absolute Gasteiger partial charge is 0.244 e. The summed E-state index contributed by atoms with van der Waals surface area (Å²) in [4.78, 5) is 22.6. The Balaban J connectivity index is 2.76. The van der Waals surface area contributed by atoms with E-state index in [2.05, 4.69) is 10.6 Å². The van der Waals surface area contributed by atoms with Gasteiger partial charge in [0.25, 0.3) is 0 Å². The molecular formula is C15H20N2O2. The van der Waals surface area contributed by atoms with Crippen molar-refractivity contribution >= 4 is 17.5 Å². The van der Waals surface area contributed by atoms with Crippen molar-refractivity contribution in [2.24, 2.45) is 0 Å². The van der Waals surface area contributed by atoms with Gasteiger partial charge < -0.3 is 10.6 Å². The van der Waals surface area contributed by atoms with Gasteiger partial charge in [-0.25, -0.2) is 0 Å². The molecule has 0 fully saturated rings. The predicted octanol–water partition coefficient (Wildman–Crippen LogP) is 2.79. The maximum atomic E-state index is 11.6. The standard InChI is InChI=1S/C15H20N2O2/c1-10(2)8-15(19)16-11(3)13-6-5-7-14(9-13)17-12(4)18/h5-9,11H,1-4H3,(H,16,19)(H,17,18)/t11-/m1/s1. The van der Waals surface area contributed by atoms with E-state index in [1.807, 2.05) is 45.0 Å². The summed E-state index contributed by atoms with van der Waals surface area (Å²) < 4.78 is 0. The molecule has 0 aromatic heterocycles. The number of hydrogen-bond acceptors (Lipinski definition) is 2. The number of carbonyl (C=O) groups is 2. The molecule has 0 heterocycles. The molecule has 1 rings (SSSR count). The monoisotopic (exact) mass is 260 g/mol. The van der Waals surface area contributed by atoms with Crippen molar-refractivity contribution in [2.75, 3.05) is 5.32 Å². The van der Waals surface area contributed by atoms with Gasteiger partial charge in [-0.1, -0.05) is 17.7 Å². The number of allylic oxidation sites excluding steroid dienone is 1. The molecule has 4 heteroatoms. The molecule has 0 bridgehead atoms. The first-order chi connectivity index (χ1) is 8.88. The zero-order chi connectivity index (χ0) is 14.4. The van der Waals surface area contributed by atoms with E-state index in [4.69, 9.17) is 0 Å². The van der Waals surface area contributed by atoms with Crippen molar-refractivity contribution in [3.05, 3.63) is 41.5 Å². The molecule has 0 unspecified atom stereocenters. The molecule has 0 radical (unpaired) electrons. The topological polar surface area (TPSA) is 58.2 Å². The lowest BCUT2D eigenvalue weighted by Crippen LogP contribution is -2.25.